The van der Waals surface area contributed by atoms with Crippen molar-refractivity contribution in [3.63, 3.8) is 0 Å². The second-order valence-corrected chi connectivity index (χ2v) is 19.2. The van der Waals surface area contributed by atoms with Crippen LogP contribution in [0.15, 0.2) is 255 Å². The fourth-order valence-corrected chi connectivity index (χ4v) is 11.0. The summed E-state index contributed by atoms with van der Waals surface area (Å²) in [6, 6.07) is 94.3. The lowest BCUT2D eigenvalue weighted by Crippen LogP contribution is -2.28. The van der Waals surface area contributed by atoms with Crippen molar-refractivity contribution in [1.29, 1.82) is 0 Å². The Bertz CT molecular complexity index is 3480. The van der Waals surface area contributed by atoms with Crippen LogP contribution in [-0.2, 0) is 10.8 Å². The Kier molecular flexibility index (Phi) is 10.0. The molecule has 0 radical (unpaired) electrons. The maximum absolute atomic E-state index is 2.38. The maximum atomic E-state index is 2.38. The number of anilines is 3. The summed E-state index contributed by atoms with van der Waals surface area (Å²) >= 11 is 0. The van der Waals surface area contributed by atoms with E-state index in [9.17, 15) is 0 Å². The van der Waals surface area contributed by atoms with E-state index in [2.05, 4.69) is 280 Å². The van der Waals surface area contributed by atoms with Gasteiger partial charge in [0, 0.05) is 17.1 Å². The summed E-state index contributed by atoms with van der Waals surface area (Å²) in [4.78, 5) is 2.38. The number of hydrogen-bond acceptors (Lipinski definition) is 1. The highest BCUT2D eigenvalue weighted by Crippen LogP contribution is 2.58. The summed E-state index contributed by atoms with van der Waals surface area (Å²) in [5.74, 6) is 0. The van der Waals surface area contributed by atoms with Gasteiger partial charge in [0.05, 0.1) is 5.41 Å². The van der Waals surface area contributed by atoms with E-state index in [0.29, 0.717) is 0 Å². The van der Waals surface area contributed by atoms with E-state index in [1.165, 1.54) is 93.9 Å². The standard InChI is InChI=1S/C67H51N/c1-66(2,3)51-36-38-53(39-37-51)67(52-20-5-4-6-21-52)63-28-12-11-24-62(63)65-61(27-15-29-64(65)67)50-34-44-56(45-35-50)68(54-40-30-48(31-41-54)59-25-13-18-46-16-7-9-22-57(46)59)55-42-32-49(33-43-55)60-26-14-19-47-17-8-10-23-58(47)60/h4-45H,1-3H3. The summed E-state index contributed by atoms with van der Waals surface area (Å²) in [5, 5.41) is 5.01. The molecule has 1 atom stereocenters. The van der Waals surface area contributed by atoms with Crippen molar-refractivity contribution >= 4 is 38.6 Å². The second-order valence-electron chi connectivity index (χ2n) is 19.2. The van der Waals surface area contributed by atoms with Crippen LogP contribution < -0.4 is 4.90 Å². The lowest BCUT2D eigenvalue weighted by Gasteiger charge is -2.34. The molecule has 0 fully saturated rings. The molecule has 1 aliphatic rings. The molecule has 1 nitrogen and oxygen atoms in total. The molecule has 0 aliphatic heterocycles. The zero-order valence-electron chi connectivity index (χ0n) is 38.7. The lowest BCUT2D eigenvalue weighted by molar-refractivity contribution is 0.589. The van der Waals surface area contributed by atoms with E-state index in [-0.39, 0.29) is 5.41 Å². The van der Waals surface area contributed by atoms with Crippen molar-refractivity contribution in [3.8, 4) is 44.5 Å². The number of rotatable bonds is 8. The van der Waals surface area contributed by atoms with Gasteiger partial charge >= 0.3 is 0 Å². The minimum Gasteiger partial charge on any atom is -0.311 e. The van der Waals surface area contributed by atoms with Gasteiger partial charge in [-0.2, -0.15) is 0 Å². The van der Waals surface area contributed by atoms with Crippen LogP contribution in [0.2, 0.25) is 0 Å². The predicted molar refractivity (Wildman–Crippen MR) is 288 cm³/mol. The third-order valence-corrected chi connectivity index (χ3v) is 14.3. The second kappa shape index (κ2) is 16.6. The van der Waals surface area contributed by atoms with Crippen LogP contribution in [0.1, 0.15) is 48.6 Å². The van der Waals surface area contributed by atoms with Crippen LogP contribution in [0.5, 0.6) is 0 Å². The molecule has 12 rings (SSSR count). The van der Waals surface area contributed by atoms with Crippen LogP contribution in [0, 0.1) is 0 Å². The number of nitrogens with zero attached hydrogens (tertiary/aromatic N) is 1. The highest BCUT2D eigenvalue weighted by molar-refractivity contribution is 5.99. The van der Waals surface area contributed by atoms with E-state index in [4.69, 9.17) is 0 Å². The summed E-state index contributed by atoms with van der Waals surface area (Å²) < 4.78 is 0. The van der Waals surface area contributed by atoms with Gasteiger partial charge in [0.25, 0.3) is 0 Å². The first-order chi connectivity index (χ1) is 33.4. The molecule has 0 aromatic heterocycles. The molecule has 68 heavy (non-hydrogen) atoms. The van der Waals surface area contributed by atoms with Gasteiger partial charge in [0.2, 0.25) is 0 Å². The average Bonchev–Trinajstić information content (AvgIpc) is 3.70. The molecule has 0 N–H and O–H groups in total. The van der Waals surface area contributed by atoms with Gasteiger partial charge in [-0.25, -0.2) is 0 Å². The Morgan fingerprint density at radius 1 is 0.309 bits per heavy atom. The van der Waals surface area contributed by atoms with Crippen molar-refractivity contribution in [2.75, 3.05) is 4.90 Å². The Morgan fingerprint density at radius 2 is 0.706 bits per heavy atom. The van der Waals surface area contributed by atoms with Crippen molar-refractivity contribution in [2.45, 2.75) is 31.6 Å². The summed E-state index contributed by atoms with van der Waals surface area (Å²) in [6.07, 6.45) is 0. The van der Waals surface area contributed by atoms with E-state index in [1.807, 2.05) is 0 Å². The molecule has 0 heterocycles. The van der Waals surface area contributed by atoms with Gasteiger partial charge in [-0.05, 0) is 136 Å². The Hall–Kier alpha value is -8.26. The molecule has 1 unspecified atom stereocenters. The summed E-state index contributed by atoms with van der Waals surface area (Å²) in [7, 11) is 0. The fourth-order valence-electron chi connectivity index (χ4n) is 11.0. The Balaban J connectivity index is 0.978. The van der Waals surface area contributed by atoms with Crippen LogP contribution in [0.4, 0.5) is 17.1 Å². The normalized spacial score (nSPS) is 14.2. The predicted octanol–water partition coefficient (Wildman–Crippen LogP) is 18.1. The quantitative estimate of drug-likeness (QED) is 0.147. The minimum atomic E-state index is -0.479. The maximum Gasteiger partial charge on any atom is 0.0713 e. The van der Waals surface area contributed by atoms with E-state index < -0.39 is 5.41 Å². The van der Waals surface area contributed by atoms with Crippen LogP contribution in [0.3, 0.4) is 0 Å². The van der Waals surface area contributed by atoms with Crippen molar-refractivity contribution in [1.82, 2.24) is 0 Å². The third kappa shape index (κ3) is 6.85. The molecule has 0 bridgehead atoms. The average molecular weight is 870 g/mol. The molecule has 0 saturated heterocycles. The summed E-state index contributed by atoms with van der Waals surface area (Å²) in [5.41, 5.74) is 19.2. The van der Waals surface area contributed by atoms with Crippen LogP contribution >= 0.6 is 0 Å². The van der Waals surface area contributed by atoms with Crippen molar-refractivity contribution in [3.05, 3.63) is 283 Å². The molecule has 324 valence electrons. The number of hydrogen-bond donors (Lipinski definition) is 0. The van der Waals surface area contributed by atoms with Crippen molar-refractivity contribution in [2.24, 2.45) is 0 Å². The largest absolute Gasteiger partial charge is 0.311 e. The molecule has 11 aromatic rings. The molecule has 11 aromatic carbocycles. The molecule has 0 amide bonds. The van der Waals surface area contributed by atoms with Gasteiger partial charge in [-0.15, -0.1) is 0 Å². The van der Waals surface area contributed by atoms with Gasteiger partial charge in [-0.1, -0.05) is 239 Å². The number of fused-ring (bicyclic) bond motifs is 5. The zero-order chi connectivity index (χ0) is 45.8. The summed E-state index contributed by atoms with van der Waals surface area (Å²) in [6.45, 7) is 6.87. The van der Waals surface area contributed by atoms with Gasteiger partial charge in [0.15, 0.2) is 0 Å². The first-order valence-corrected chi connectivity index (χ1v) is 23.8. The van der Waals surface area contributed by atoms with Gasteiger partial charge in [0.1, 0.15) is 0 Å². The molecule has 0 saturated carbocycles. The van der Waals surface area contributed by atoms with Crippen molar-refractivity contribution < 1.29 is 0 Å². The lowest BCUT2D eigenvalue weighted by atomic mass is 9.67. The van der Waals surface area contributed by atoms with E-state index in [1.54, 1.807) is 0 Å². The highest BCUT2D eigenvalue weighted by Gasteiger charge is 2.46. The topological polar surface area (TPSA) is 3.24 Å². The first-order valence-electron chi connectivity index (χ1n) is 23.8. The van der Waals surface area contributed by atoms with E-state index >= 15 is 0 Å². The molecule has 1 aliphatic carbocycles. The molecule has 0 spiro atoms. The minimum absolute atomic E-state index is 0.0563. The SMILES string of the molecule is CC(C)(C)c1ccc(C2(c3ccccc3)c3ccccc3-c3c(-c4ccc(N(c5ccc(-c6cccc7ccccc67)cc5)c5ccc(-c6cccc7ccccc67)cc5)cc4)cccc32)cc1. The smallest absolute Gasteiger partial charge is 0.0713 e. The fraction of sp³-hybridized carbons (Fsp3) is 0.0746. The van der Waals surface area contributed by atoms with Gasteiger partial charge < -0.3 is 4.90 Å². The highest BCUT2D eigenvalue weighted by atomic mass is 15.1. The monoisotopic (exact) mass is 869 g/mol. The third-order valence-electron chi connectivity index (χ3n) is 14.3. The molecule has 1 heteroatoms. The Labute approximate surface area is 400 Å². The Morgan fingerprint density at radius 3 is 1.25 bits per heavy atom. The zero-order valence-corrected chi connectivity index (χ0v) is 38.7. The van der Waals surface area contributed by atoms with E-state index in [0.717, 1.165) is 17.1 Å². The molecular weight excluding hydrogens is 819 g/mol. The van der Waals surface area contributed by atoms with Gasteiger partial charge in [-0.3, -0.25) is 0 Å². The van der Waals surface area contributed by atoms with Crippen LogP contribution in [-0.4, -0.2) is 0 Å². The first kappa shape index (κ1) is 41.2. The number of benzene rings is 11. The molecular formula is C67H51N. The van der Waals surface area contributed by atoms with Crippen LogP contribution in [0.25, 0.3) is 66.1 Å².